The molecule has 0 saturated heterocycles. The summed E-state index contributed by atoms with van der Waals surface area (Å²) in [7, 11) is 0. The number of aromatic nitrogens is 3. The van der Waals surface area contributed by atoms with Gasteiger partial charge in [0.1, 0.15) is 5.82 Å². The zero-order chi connectivity index (χ0) is 10.1. The Morgan fingerprint density at radius 1 is 1.24 bits per heavy atom. The second-order valence-corrected chi connectivity index (χ2v) is 3.68. The lowest BCUT2D eigenvalue weighted by atomic mass is 10.2. The summed E-state index contributed by atoms with van der Waals surface area (Å²) >= 11 is 0. The molecule has 1 aliphatic heterocycles. The minimum absolute atomic E-state index is 0. The Bertz CT molecular complexity index is 446. The minimum atomic E-state index is 0. The molecule has 17 heavy (non-hydrogen) atoms. The van der Waals surface area contributed by atoms with E-state index in [0.717, 1.165) is 30.9 Å². The molecule has 3 heterocycles. The van der Waals surface area contributed by atoms with Crippen LogP contribution in [0.15, 0.2) is 24.5 Å². The fourth-order valence-corrected chi connectivity index (χ4v) is 1.86. The Balaban J connectivity index is 0.000000722. The van der Waals surface area contributed by atoms with Crippen LogP contribution in [0.1, 0.15) is 11.4 Å². The highest BCUT2D eigenvalue weighted by atomic mass is 35.5. The molecule has 92 valence electrons. The molecule has 0 fully saturated rings. The number of nitrogens with one attached hydrogen (secondary N) is 2. The van der Waals surface area contributed by atoms with Gasteiger partial charge in [-0.2, -0.15) is 0 Å². The molecule has 0 bridgehead atoms. The van der Waals surface area contributed by atoms with Crippen LogP contribution in [0.4, 0.5) is 0 Å². The number of rotatable bonds is 1. The molecule has 0 spiro atoms. The minimum Gasteiger partial charge on any atom is -0.341 e. The lowest BCUT2D eigenvalue weighted by Crippen LogP contribution is -2.23. The summed E-state index contributed by atoms with van der Waals surface area (Å²) in [6.45, 7) is 1.91. The van der Waals surface area contributed by atoms with Crippen molar-refractivity contribution in [3.8, 4) is 11.4 Å². The van der Waals surface area contributed by atoms with Crippen LogP contribution in [0.2, 0.25) is 0 Å². The third-order valence-corrected chi connectivity index (χ3v) is 2.64. The first-order valence-corrected chi connectivity index (χ1v) is 5.12. The SMILES string of the molecule is Cl.Cl.c1cncc(-c2nc3c([nH]2)CNCC3)c1. The van der Waals surface area contributed by atoms with Gasteiger partial charge in [-0.3, -0.25) is 4.98 Å². The van der Waals surface area contributed by atoms with Crippen molar-refractivity contribution in [2.24, 2.45) is 0 Å². The van der Waals surface area contributed by atoms with Gasteiger partial charge in [0.2, 0.25) is 0 Å². The zero-order valence-electron chi connectivity index (χ0n) is 9.14. The standard InChI is InChI=1S/C11H12N4.2ClH/c1-2-8(6-12-4-1)11-14-9-3-5-13-7-10(9)15-11;;/h1-2,4,6,13H,3,5,7H2,(H,14,15);2*1H. The summed E-state index contributed by atoms with van der Waals surface area (Å²) in [6.07, 6.45) is 4.61. The van der Waals surface area contributed by atoms with Gasteiger partial charge in [-0.15, -0.1) is 24.8 Å². The molecule has 0 aliphatic carbocycles. The van der Waals surface area contributed by atoms with E-state index in [-0.39, 0.29) is 24.8 Å². The quantitative estimate of drug-likeness (QED) is 0.835. The Kier molecular flexibility index (Phi) is 4.93. The van der Waals surface area contributed by atoms with Crippen molar-refractivity contribution in [2.45, 2.75) is 13.0 Å². The summed E-state index contributed by atoms with van der Waals surface area (Å²) in [6, 6.07) is 3.94. The third-order valence-electron chi connectivity index (χ3n) is 2.64. The second-order valence-electron chi connectivity index (χ2n) is 3.68. The number of imidazole rings is 1. The van der Waals surface area contributed by atoms with Crippen molar-refractivity contribution in [1.29, 1.82) is 0 Å². The van der Waals surface area contributed by atoms with Crippen LogP contribution in [0.3, 0.4) is 0 Å². The van der Waals surface area contributed by atoms with Gasteiger partial charge < -0.3 is 10.3 Å². The molecule has 1 aliphatic rings. The maximum absolute atomic E-state index is 4.59. The maximum Gasteiger partial charge on any atom is 0.139 e. The van der Waals surface area contributed by atoms with E-state index < -0.39 is 0 Å². The van der Waals surface area contributed by atoms with E-state index in [4.69, 9.17) is 0 Å². The maximum atomic E-state index is 4.59. The summed E-state index contributed by atoms with van der Waals surface area (Å²) in [5, 5.41) is 3.32. The number of H-pyrrole nitrogens is 1. The molecule has 0 atom stereocenters. The van der Waals surface area contributed by atoms with Gasteiger partial charge in [0.15, 0.2) is 0 Å². The molecule has 0 amide bonds. The van der Waals surface area contributed by atoms with Crippen molar-refractivity contribution in [3.05, 3.63) is 35.9 Å². The van der Waals surface area contributed by atoms with E-state index in [9.17, 15) is 0 Å². The van der Waals surface area contributed by atoms with E-state index in [1.54, 1.807) is 6.20 Å². The molecule has 2 aromatic heterocycles. The molecular weight excluding hydrogens is 259 g/mol. The predicted molar refractivity (Wildman–Crippen MR) is 71.7 cm³/mol. The van der Waals surface area contributed by atoms with Crippen molar-refractivity contribution >= 4 is 24.8 Å². The number of hydrogen-bond acceptors (Lipinski definition) is 3. The summed E-state index contributed by atoms with van der Waals surface area (Å²) in [5.74, 6) is 0.928. The van der Waals surface area contributed by atoms with Gasteiger partial charge in [-0.25, -0.2) is 4.98 Å². The van der Waals surface area contributed by atoms with Gasteiger partial charge in [0.25, 0.3) is 0 Å². The topological polar surface area (TPSA) is 53.6 Å². The average molecular weight is 273 g/mol. The first kappa shape index (κ1) is 14.0. The molecule has 0 aromatic carbocycles. The van der Waals surface area contributed by atoms with E-state index in [1.165, 1.54) is 11.4 Å². The zero-order valence-corrected chi connectivity index (χ0v) is 10.8. The number of halogens is 2. The Labute approximate surface area is 112 Å². The van der Waals surface area contributed by atoms with Crippen LogP contribution in [0, 0.1) is 0 Å². The molecule has 2 aromatic rings. The normalized spacial score (nSPS) is 13.2. The first-order chi connectivity index (χ1) is 7.43. The summed E-state index contributed by atoms with van der Waals surface area (Å²) < 4.78 is 0. The van der Waals surface area contributed by atoms with Crippen LogP contribution in [-0.2, 0) is 13.0 Å². The highest BCUT2D eigenvalue weighted by Gasteiger charge is 2.14. The predicted octanol–water partition coefficient (Wildman–Crippen LogP) is 1.96. The Morgan fingerprint density at radius 3 is 2.82 bits per heavy atom. The molecule has 4 nitrogen and oxygen atoms in total. The number of fused-ring (bicyclic) bond motifs is 1. The lowest BCUT2D eigenvalue weighted by molar-refractivity contribution is 0.627. The van der Waals surface area contributed by atoms with Gasteiger partial charge in [-0.05, 0) is 12.1 Å². The molecule has 0 radical (unpaired) electrons. The molecule has 0 saturated carbocycles. The smallest absolute Gasteiger partial charge is 0.139 e. The van der Waals surface area contributed by atoms with Crippen LogP contribution in [0.5, 0.6) is 0 Å². The van der Waals surface area contributed by atoms with Crippen LogP contribution >= 0.6 is 24.8 Å². The first-order valence-electron chi connectivity index (χ1n) is 5.12. The van der Waals surface area contributed by atoms with Gasteiger partial charge in [-0.1, -0.05) is 0 Å². The molecule has 0 unspecified atom stereocenters. The van der Waals surface area contributed by atoms with Crippen LogP contribution in [0.25, 0.3) is 11.4 Å². The Hall–Kier alpha value is -1.10. The van der Waals surface area contributed by atoms with Crippen LogP contribution in [-0.4, -0.2) is 21.5 Å². The molecule has 2 N–H and O–H groups in total. The fourth-order valence-electron chi connectivity index (χ4n) is 1.86. The van der Waals surface area contributed by atoms with Crippen molar-refractivity contribution in [1.82, 2.24) is 20.3 Å². The van der Waals surface area contributed by atoms with E-state index in [0.29, 0.717) is 0 Å². The van der Waals surface area contributed by atoms with Gasteiger partial charge >= 0.3 is 0 Å². The highest BCUT2D eigenvalue weighted by molar-refractivity contribution is 5.85. The van der Waals surface area contributed by atoms with Gasteiger partial charge in [0.05, 0.1) is 11.4 Å². The number of aromatic amines is 1. The van der Waals surface area contributed by atoms with Crippen molar-refractivity contribution < 1.29 is 0 Å². The largest absolute Gasteiger partial charge is 0.341 e. The number of nitrogens with zero attached hydrogens (tertiary/aromatic N) is 2. The molecule has 6 heteroatoms. The van der Waals surface area contributed by atoms with E-state index in [2.05, 4.69) is 20.3 Å². The third kappa shape index (κ3) is 2.77. The van der Waals surface area contributed by atoms with E-state index in [1.807, 2.05) is 18.3 Å². The summed E-state index contributed by atoms with van der Waals surface area (Å²) in [4.78, 5) is 12.0. The second kappa shape index (κ2) is 6.00. The monoisotopic (exact) mass is 272 g/mol. The molecule has 3 rings (SSSR count). The van der Waals surface area contributed by atoms with Crippen molar-refractivity contribution in [2.75, 3.05) is 6.54 Å². The lowest BCUT2D eigenvalue weighted by Gasteiger charge is -2.09. The number of hydrogen-bond donors (Lipinski definition) is 2. The van der Waals surface area contributed by atoms with Crippen LogP contribution < -0.4 is 5.32 Å². The van der Waals surface area contributed by atoms with E-state index >= 15 is 0 Å². The number of pyridine rings is 1. The van der Waals surface area contributed by atoms with Gasteiger partial charge in [0, 0.05) is 37.5 Å². The fraction of sp³-hybridized carbons (Fsp3) is 0.273. The average Bonchev–Trinajstić information content (AvgIpc) is 2.74. The summed E-state index contributed by atoms with van der Waals surface area (Å²) in [5.41, 5.74) is 3.44. The van der Waals surface area contributed by atoms with Crippen molar-refractivity contribution in [3.63, 3.8) is 0 Å². The Morgan fingerprint density at radius 2 is 2.12 bits per heavy atom. The highest BCUT2D eigenvalue weighted by Crippen LogP contribution is 2.18. The molecular formula is C11H14Cl2N4.